The van der Waals surface area contributed by atoms with Crippen LogP contribution in [0.25, 0.3) is 0 Å². The normalized spacial score (nSPS) is 24.7. The van der Waals surface area contributed by atoms with Crippen LogP contribution in [0.15, 0.2) is 12.1 Å². The van der Waals surface area contributed by atoms with Crippen LogP contribution in [-0.2, 0) is 16.0 Å². The van der Waals surface area contributed by atoms with E-state index in [1.807, 2.05) is 13.8 Å². The first-order chi connectivity index (χ1) is 9.35. The molecule has 0 aliphatic carbocycles. The standard InChI is InChI=1S/C15H22N2O2S/c1-5-15(4)14(19)17(9-13(18)16-15)10(2)8-12-7-6-11(3)20-12/h6-7,10H,5,8-9H2,1-4H3,(H,16,18). The summed E-state index contributed by atoms with van der Waals surface area (Å²) in [6.45, 7) is 7.99. The molecule has 0 spiro atoms. The summed E-state index contributed by atoms with van der Waals surface area (Å²) in [5, 5.41) is 2.82. The zero-order chi connectivity index (χ0) is 14.9. The predicted molar refractivity (Wildman–Crippen MR) is 80.8 cm³/mol. The minimum absolute atomic E-state index is 0.0281. The largest absolute Gasteiger partial charge is 0.340 e. The topological polar surface area (TPSA) is 49.4 Å². The summed E-state index contributed by atoms with van der Waals surface area (Å²) in [5.74, 6) is -0.0384. The van der Waals surface area contributed by atoms with Crippen LogP contribution in [0, 0.1) is 6.92 Å². The Kier molecular flexibility index (Phi) is 4.18. The fraction of sp³-hybridized carbons (Fsp3) is 0.600. The fourth-order valence-electron chi connectivity index (χ4n) is 2.54. The quantitative estimate of drug-likeness (QED) is 0.924. The van der Waals surface area contributed by atoms with Gasteiger partial charge in [0.15, 0.2) is 0 Å². The highest BCUT2D eigenvalue weighted by Crippen LogP contribution is 2.23. The number of nitrogens with zero attached hydrogens (tertiary/aromatic N) is 1. The fourth-order valence-corrected chi connectivity index (χ4v) is 3.55. The second-order valence-corrected chi connectivity index (χ2v) is 7.10. The zero-order valence-corrected chi connectivity index (χ0v) is 13.3. The van der Waals surface area contributed by atoms with Crippen LogP contribution in [0.5, 0.6) is 0 Å². The Morgan fingerprint density at radius 1 is 1.45 bits per heavy atom. The number of nitrogens with one attached hydrogen (secondary N) is 1. The van der Waals surface area contributed by atoms with Crippen LogP contribution in [0.4, 0.5) is 0 Å². The number of amides is 2. The highest BCUT2D eigenvalue weighted by atomic mass is 32.1. The number of hydrogen-bond acceptors (Lipinski definition) is 3. The van der Waals surface area contributed by atoms with Crippen molar-refractivity contribution in [3.05, 3.63) is 21.9 Å². The number of carbonyl (C=O) groups excluding carboxylic acids is 2. The molecule has 2 heterocycles. The molecule has 1 saturated heterocycles. The van der Waals surface area contributed by atoms with E-state index in [0.29, 0.717) is 6.42 Å². The second-order valence-electron chi connectivity index (χ2n) is 5.73. The van der Waals surface area contributed by atoms with E-state index in [2.05, 4.69) is 24.4 Å². The van der Waals surface area contributed by atoms with Gasteiger partial charge in [-0.05, 0) is 39.3 Å². The van der Waals surface area contributed by atoms with Crippen LogP contribution >= 0.6 is 11.3 Å². The Labute approximate surface area is 124 Å². The summed E-state index contributed by atoms with van der Waals surface area (Å²) in [4.78, 5) is 28.7. The first kappa shape index (κ1) is 15.0. The Morgan fingerprint density at radius 3 is 2.70 bits per heavy atom. The number of piperazine rings is 1. The number of thiophene rings is 1. The van der Waals surface area contributed by atoms with E-state index in [9.17, 15) is 9.59 Å². The van der Waals surface area contributed by atoms with Crippen LogP contribution in [0.3, 0.4) is 0 Å². The molecule has 5 heteroatoms. The van der Waals surface area contributed by atoms with Gasteiger partial charge in [0.2, 0.25) is 11.8 Å². The molecule has 1 aliphatic heterocycles. The van der Waals surface area contributed by atoms with Crippen LogP contribution in [0.2, 0.25) is 0 Å². The molecule has 1 fully saturated rings. The van der Waals surface area contributed by atoms with Gasteiger partial charge >= 0.3 is 0 Å². The summed E-state index contributed by atoms with van der Waals surface area (Å²) in [6.07, 6.45) is 1.41. The third kappa shape index (κ3) is 2.87. The molecule has 2 atom stereocenters. The average molecular weight is 294 g/mol. The van der Waals surface area contributed by atoms with Gasteiger partial charge in [0.1, 0.15) is 5.54 Å². The van der Waals surface area contributed by atoms with Crippen molar-refractivity contribution in [2.75, 3.05) is 6.54 Å². The highest BCUT2D eigenvalue weighted by Gasteiger charge is 2.42. The minimum Gasteiger partial charge on any atom is -0.340 e. The summed E-state index contributed by atoms with van der Waals surface area (Å²) >= 11 is 1.75. The summed E-state index contributed by atoms with van der Waals surface area (Å²) in [5.41, 5.74) is -0.755. The molecule has 2 rings (SSSR count). The lowest BCUT2D eigenvalue weighted by atomic mass is 9.93. The SMILES string of the molecule is CCC1(C)NC(=O)CN(C(C)Cc2ccc(C)s2)C1=O. The summed E-state index contributed by atoms with van der Waals surface area (Å²) in [7, 11) is 0. The Morgan fingerprint density at radius 2 is 2.15 bits per heavy atom. The predicted octanol–water partition coefficient (Wildman–Crippen LogP) is 2.11. The van der Waals surface area contributed by atoms with E-state index in [-0.39, 0.29) is 24.4 Å². The molecule has 1 aromatic rings. The smallest absolute Gasteiger partial charge is 0.248 e. The molecule has 2 amide bonds. The monoisotopic (exact) mass is 294 g/mol. The molecule has 2 unspecified atom stereocenters. The number of rotatable bonds is 4. The number of carbonyl (C=O) groups is 2. The molecule has 0 aromatic carbocycles. The Balaban J connectivity index is 2.13. The zero-order valence-electron chi connectivity index (χ0n) is 12.5. The van der Waals surface area contributed by atoms with Gasteiger partial charge < -0.3 is 10.2 Å². The van der Waals surface area contributed by atoms with E-state index in [0.717, 1.165) is 6.42 Å². The average Bonchev–Trinajstić information content (AvgIpc) is 2.79. The van der Waals surface area contributed by atoms with Crippen LogP contribution < -0.4 is 5.32 Å². The molecule has 0 bridgehead atoms. The molecular weight excluding hydrogens is 272 g/mol. The van der Waals surface area contributed by atoms with Crippen molar-refractivity contribution in [3.63, 3.8) is 0 Å². The van der Waals surface area contributed by atoms with Gasteiger partial charge in [-0.3, -0.25) is 9.59 Å². The third-order valence-corrected chi connectivity index (χ3v) is 5.02. The summed E-state index contributed by atoms with van der Waals surface area (Å²) in [6, 6.07) is 4.23. The van der Waals surface area contributed by atoms with Crippen molar-refractivity contribution in [1.29, 1.82) is 0 Å². The highest BCUT2D eigenvalue weighted by molar-refractivity contribution is 7.11. The van der Waals surface area contributed by atoms with Gasteiger partial charge in [-0.15, -0.1) is 11.3 Å². The van der Waals surface area contributed by atoms with Crippen LogP contribution in [-0.4, -0.2) is 34.8 Å². The van der Waals surface area contributed by atoms with Gasteiger partial charge in [0.25, 0.3) is 0 Å². The van der Waals surface area contributed by atoms with Crippen molar-refractivity contribution in [1.82, 2.24) is 10.2 Å². The Hall–Kier alpha value is -1.36. The maximum atomic E-state index is 12.6. The van der Waals surface area contributed by atoms with E-state index >= 15 is 0 Å². The first-order valence-electron chi connectivity index (χ1n) is 7.03. The number of aryl methyl sites for hydroxylation is 1. The lowest BCUT2D eigenvalue weighted by Gasteiger charge is -2.42. The van der Waals surface area contributed by atoms with Gasteiger partial charge in [-0.2, -0.15) is 0 Å². The molecule has 1 aliphatic rings. The molecule has 1 N–H and O–H groups in total. The maximum absolute atomic E-state index is 12.6. The lowest BCUT2D eigenvalue weighted by Crippen LogP contribution is -2.66. The molecule has 20 heavy (non-hydrogen) atoms. The van der Waals surface area contributed by atoms with Crippen molar-refractivity contribution in [3.8, 4) is 0 Å². The molecule has 4 nitrogen and oxygen atoms in total. The minimum atomic E-state index is -0.755. The third-order valence-electron chi connectivity index (χ3n) is 3.99. The maximum Gasteiger partial charge on any atom is 0.248 e. The summed E-state index contributed by atoms with van der Waals surface area (Å²) < 4.78 is 0. The molecule has 0 saturated carbocycles. The second kappa shape index (κ2) is 5.56. The van der Waals surface area contributed by atoms with Crippen LogP contribution in [0.1, 0.15) is 36.9 Å². The van der Waals surface area contributed by atoms with Gasteiger partial charge in [-0.1, -0.05) is 6.92 Å². The molecule has 0 radical (unpaired) electrons. The van der Waals surface area contributed by atoms with E-state index in [4.69, 9.17) is 0 Å². The molecule has 1 aromatic heterocycles. The van der Waals surface area contributed by atoms with E-state index in [1.54, 1.807) is 23.2 Å². The van der Waals surface area contributed by atoms with Crippen molar-refractivity contribution in [2.24, 2.45) is 0 Å². The Bertz CT molecular complexity index is 526. The van der Waals surface area contributed by atoms with Crippen molar-refractivity contribution < 1.29 is 9.59 Å². The van der Waals surface area contributed by atoms with Gasteiger partial charge in [-0.25, -0.2) is 0 Å². The van der Waals surface area contributed by atoms with Gasteiger partial charge in [0, 0.05) is 22.2 Å². The van der Waals surface area contributed by atoms with E-state index in [1.165, 1.54) is 9.75 Å². The van der Waals surface area contributed by atoms with Crippen molar-refractivity contribution in [2.45, 2.75) is 52.1 Å². The first-order valence-corrected chi connectivity index (χ1v) is 7.85. The molecule has 110 valence electrons. The lowest BCUT2D eigenvalue weighted by molar-refractivity contribution is -0.151. The van der Waals surface area contributed by atoms with E-state index < -0.39 is 5.54 Å². The van der Waals surface area contributed by atoms with Crippen molar-refractivity contribution >= 4 is 23.2 Å². The number of hydrogen-bond donors (Lipinski definition) is 1. The molecular formula is C15H22N2O2S. The van der Waals surface area contributed by atoms with Gasteiger partial charge in [0.05, 0.1) is 6.54 Å².